The number of rotatable bonds is 4. The molecule has 0 bridgehead atoms. The first-order valence-electron chi connectivity index (χ1n) is 10.1. The number of allylic oxidation sites excluding steroid dienone is 4. The lowest BCUT2D eigenvalue weighted by Crippen LogP contribution is -2.21. The molecule has 32 heavy (non-hydrogen) atoms. The maximum Gasteiger partial charge on any atom is 0.271 e. The molecule has 2 aromatic rings. The molecule has 0 spiro atoms. The third kappa shape index (κ3) is 3.75. The summed E-state index contributed by atoms with van der Waals surface area (Å²) in [6.07, 6.45) is 0. The first-order chi connectivity index (χ1) is 15.5. The molecule has 6 heteroatoms. The minimum absolute atomic E-state index is 0.120. The van der Waals surface area contributed by atoms with Crippen molar-refractivity contribution in [1.82, 2.24) is 0 Å². The molecule has 0 aromatic heterocycles. The Hall–Kier alpha value is -4.65. The molecule has 0 saturated carbocycles. The Morgan fingerprint density at radius 1 is 0.938 bits per heavy atom. The van der Waals surface area contributed by atoms with E-state index in [1.165, 1.54) is 0 Å². The van der Waals surface area contributed by atoms with Gasteiger partial charge in [0.15, 0.2) is 0 Å². The molecule has 3 rings (SSSR count). The van der Waals surface area contributed by atoms with E-state index in [-0.39, 0.29) is 11.4 Å². The maximum absolute atomic E-state index is 9.62. The summed E-state index contributed by atoms with van der Waals surface area (Å²) in [4.78, 5) is 13.9. The number of hydrogen-bond acceptors (Lipinski definition) is 4. The molecule has 0 atom stereocenters. The van der Waals surface area contributed by atoms with Gasteiger partial charge in [0.2, 0.25) is 0 Å². The van der Waals surface area contributed by atoms with Gasteiger partial charge in [-0.15, -0.1) is 0 Å². The highest BCUT2D eigenvalue weighted by atomic mass is 15.1. The molecular formula is C26H20N6. The van der Waals surface area contributed by atoms with Gasteiger partial charge in [0.05, 0.1) is 36.7 Å². The maximum atomic E-state index is 9.62. The lowest BCUT2D eigenvalue weighted by Gasteiger charge is -2.21. The molecule has 0 N–H and O–H groups in total. The van der Waals surface area contributed by atoms with Gasteiger partial charge in [0.1, 0.15) is 0 Å². The standard InChI is InChI=1S/C26H20N6/c1-6-32(7-2)18-12-13-21(17(3)14-18)31-26-24(22(15-27)29-4)19-10-8-9-11-20(19)25(26)23(16-28)30-5/h8-14H,6-7H2,1-3H3. The number of hydrogen-bond donors (Lipinski definition) is 0. The minimum Gasteiger partial charge on any atom is -0.372 e. The fourth-order valence-electron chi connectivity index (χ4n) is 3.84. The number of nitrogens with zero attached hydrogens (tertiary/aromatic N) is 6. The summed E-state index contributed by atoms with van der Waals surface area (Å²) in [5, 5.41) is 19.2. The van der Waals surface area contributed by atoms with Gasteiger partial charge in [-0.2, -0.15) is 0 Å². The van der Waals surface area contributed by atoms with Crippen LogP contribution in [0.25, 0.3) is 20.8 Å². The third-order valence-corrected chi connectivity index (χ3v) is 5.39. The highest BCUT2D eigenvalue weighted by molar-refractivity contribution is 6.51. The molecule has 1 aliphatic carbocycles. The van der Waals surface area contributed by atoms with Crippen molar-refractivity contribution in [3.63, 3.8) is 0 Å². The Labute approximate surface area is 188 Å². The van der Waals surface area contributed by atoms with E-state index >= 15 is 0 Å². The summed E-state index contributed by atoms with van der Waals surface area (Å²) in [6.45, 7) is 22.9. The Balaban J connectivity index is 2.36. The quantitative estimate of drug-likeness (QED) is 0.458. The molecular weight excluding hydrogens is 396 g/mol. The van der Waals surface area contributed by atoms with Crippen LogP contribution in [-0.4, -0.2) is 18.8 Å². The van der Waals surface area contributed by atoms with E-state index in [2.05, 4.69) is 28.4 Å². The summed E-state index contributed by atoms with van der Waals surface area (Å²) in [5.74, 6) is 0. The Bertz CT molecular complexity index is 1240. The van der Waals surface area contributed by atoms with Gasteiger partial charge in [0, 0.05) is 29.9 Å². The van der Waals surface area contributed by atoms with Crippen LogP contribution in [-0.2, 0) is 0 Å². The van der Waals surface area contributed by atoms with Crippen LogP contribution in [0, 0.1) is 42.7 Å². The van der Waals surface area contributed by atoms with E-state index in [9.17, 15) is 10.5 Å². The van der Waals surface area contributed by atoms with Crippen LogP contribution in [0.2, 0.25) is 0 Å². The van der Waals surface area contributed by atoms with E-state index in [0.29, 0.717) is 33.7 Å². The molecule has 0 fully saturated rings. The summed E-state index contributed by atoms with van der Waals surface area (Å²) < 4.78 is 0. The fourth-order valence-corrected chi connectivity index (χ4v) is 3.84. The summed E-state index contributed by atoms with van der Waals surface area (Å²) in [6, 6.07) is 17.0. The number of aryl methyl sites for hydroxylation is 1. The SMILES string of the molecule is [C-]#[N+]C(C#N)=C1C(=Nc2ccc(N(CC)CC)cc2C)C(=C(C#N)[N+]#[C-])c2ccccc21. The van der Waals surface area contributed by atoms with E-state index < -0.39 is 0 Å². The molecule has 0 saturated heterocycles. The van der Waals surface area contributed by atoms with Crippen LogP contribution in [0.5, 0.6) is 0 Å². The molecule has 0 heterocycles. The van der Waals surface area contributed by atoms with Crippen molar-refractivity contribution in [2.45, 2.75) is 20.8 Å². The van der Waals surface area contributed by atoms with Gasteiger partial charge >= 0.3 is 0 Å². The van der Waals surface area contributed by atoms with E-state index in [0.717, 1.165) is 24.3 Å². The summed E-state index contributed by atoms with van der Waals surface area (Å²) >= 11 is 0. The molecule has 6 nitrogen and oxygen atoms in total. The Morgan fingerprint density at radius 2 is 1.47 bits per heavy atom. The zero-order valence-electron chi connectivity index (χ0n) is 18.1. The average molecular weight is 416 g/mol. The van der Waals surface area contributed by atoms with Crippen molar-refractivity contribution in [1.29, 1.82) is 10.5 Å². The second-order valence-corrected chi connectivity index (χ2v) is 7.04. The normalized spacial score (nSPS) is 14.9. The lowest BCUT2D eigenvalue weighted by atomic mass is 10.0. The van der Waals surface area contributed by atoms with Gasteiger partial charge in [-0.1, -0.05) is 24.3 Å². The smallest absolute Gasteiger partial charge is 0.271 e. The molecule has 1 aliphatic rings. The van der Waals surface area contributed by atoms with Crippen LogP contribution >= 0.6 is 0 Å². The van der Waals surface area contributed by atoms with Gasteiger partial charge in [0.25, 0.3) is 11.4 Å². The van der Waals surface area contributed by atoms with Gasteiger partial charge < -0.3 is 4.90 Å². The lowest BCUT2D eigenvalue weighted by molar-refractivity contribution is 0.865. The molecule has 0 amide bonds. The van der Waals surface area contributed by atoms with Crippen LogP contribution in [0.4, 0.5) is 11.4 Å². The van der Waals surface area contributed by atoms with E-state index in [1.807, 2.05) is 37.3 Å². The fraction of sp³-hybridized carbons (Fsp3) is 0.192. The van der Waals surface area contributed by atoms with Crippen LogP contribution < -0.4 is 4.90 Å². The second kappa shape index (κ2) is 9.44. The van der Waals surface area contributed by atoms with Gasteiger partial charge in [-0.25, -0.2) is 20.2 Å². The molecule has 2 aromatic carbocycles. The molecule has 0 radical (unpaired) electrons. The molecule has 154 valence electrons. The van der Waals surface area contributed by atoms with Crippen molar-refractivity contribution < 1.29 is 0 Å². The third-order valence-electron chi connectivity index (χ3n) is 5.39. The van der Waals surface area contributed by atoms with E-state index in [4.69, 9.17) is 18.1 Å². The van der Waals surface area contributed by atoms with Crippen LogP contribution in [0.1, 0.15) is 30.5 Å². The highest BCUT2D eigenvalue weighted by Crippen LogP contribution is 2.43. The molecule has 0 aliphatic heterocycles. The van der Waals surface area contributed by atoms with Crippen molar-refractivity contribution in [2.24, 2.45) is 4.99 Å². The topological polar surface area (TPSA) is 71.9 Å². The largest absolute Gasteiger partial charge is 0.372 e. The molecule has 0 unspecified atom stereocenters. The Kier molecular flexibility index (Phi) is 6.50. The van der Waals surface area contributed by atoms with Crippen molar-refractivity contribution in [3.8, 4) is 12.1 Å². The van der Waals surface area contributed by atoms with Crippen molar-refractivity contribution >= 4 is 28.2 Å². The number of anilines is 1. The number of fused-ring (bicyclic) bond motifs is 1. The van der Waals surface area contributed by atoms with E-state index in [1.54, 1.807) is 24.3 Å². The number of benzene rings is 2. The first-order valence-corrected chi connectivity index (χ1v) is 10.1. The van der Waals surface area contributed by atoms with Crippen molar-refractivity contribution in [2.75, 3.05) is 18.0 Å². The van der Waals surface area contributed by atoms with Crippen LogP contribution in [0.3, 0.4) is 0 Å². The van der Waals surface area contributed by atoms with Crippen LogP contribution in [0.15, 0.2) is 58.9 Å². The zero-order chi connectivity index (χ0) is 23.3. The van der Waals surface area contributed by atoms with Gasteiger partial charge in [-0.05, 0) is 55.7 Å². The predicted octanol–water partition coefficient (Wildman–Crippen LogP) is 5.94. The predicted molar refractivity (Wildman–Crippen MR) is 127 cm³/mol. The Morgan fingerprint density at radius 3 is 1.88 bits per heavy atom. The average Bonchev–Trinajstić information content (AvgIpc) is 3.12. The zero-order valence-corrected chi connectivity index (χ0v) is 18.1. The number of aliphatic imine (C=N–C) groups is 1. The minimum atomic E-state index is -0.120. The van der Waals surface area contributed by atoms with Gasteiger partial charge in [-0.3, -0.25) is 4.99 Å². The second-order valence-electron chi connectivity index (χ2n) is 7.04. The monoisotopic (exact) mass is 416 g/mol. The first kappa shape index (κ1) is 22.0. The number of nitriles is 2. The summed E-state index contributed by atoms with van der Waals surface area (Å²) in [7, 11) is 0. The summed E-state index contributed by atoms with van der Waals surface area (Å²) in [5.41, 5.74) is 4.69. The highest BCUT2D eigenvalue weighted by Gasteiger charge is 2.33. The van der Waals surface area contributed by atoms with Crippen molar-refractivity contribution in [3.05, 3.63) is 93.4 Å².